The van der Waals surface area contributed by atoms with Crippen molar-refractivity contribution in [1.29, 1.82) is 0 Å². The molecule has 1 aliphatic heterocycles. The number of nitrogens with zero attached hydrogens (tertiary/aromatic N) is 1. The number of nitrogens with one attached hydrogen (secondary N) is 1. The van der Waals surface area contributed by atoms with E-state index in [4.69, 9.17) is 34.8 Å². The standard InChI is InChI=1S/C24H19Cl3N2O2S/c25-14-10-15-21-16(23(13-6-2-1-3-7-13)28-24(15)17(26)11-14)12-20(22(21)27)32-19-9-5-4-8-18(19)29(30)31/h1-11,16,20-23,28H,12H2/t16-,20+,21+,22-,23-/m0/s1. The molecule has 3 aromatic rings. The molecule has 0 amide bonds. The maximum Gasteiger partial charge on any atom is 0.282 e. The molecule has 0 saturated heterocycles. The molecule has 0 spiro atoms. The maximum atomic E-state index is 11.5. The lowest BCUT2D eigenvalue weighted by Crippen LogP contribution is -2.31. The summed E-state index contributed by atoms with van der Waals surface area (Å²) in [5.41, 5.74) is 3.17. The summed E-state index contributed by atoms with van der Waals surface area (Å²) in [7, 11) is 0. The Morgan fingerprint density at radius 3 is 2.50 bits per heavy atom. The zero-order chi connectivity index (χ0) is 22.4. The second kappa shape index (κ2) is 8.79. The number of halogens is 3. The number of para-hydroxylation sites is 1. The number of alkyl halides is 1. The molecule has 8 heteroatoms. The maximum absolute atomic E-state index is 11.5. The summed E-state index contributed by atoms with van der Waals surface area (Å²) in [5, 5.41) is 16.1. The topological polar surface area (TPSA) is 55.2 Å². The van der Waals surface area contributed by atoms with Crippen LogP contribution in [0, 0.1) is 16.0 Å². The van der Waals surface area contributed by atoms with E-state index in [-0.39, 0.29) is 39.1 Å². The van der Waals surface area contributed by atoms with Crippen molar-refractivity contribution in [2.75, 3.05) is 5.32 Å². The van der Waals surface area contributed by atoms with Crippen LogP contribution in [0.15, 0.2) is 71.6 Å². The smallest absolute Gasteiger partial charge is 0.282 e. The van der Waals surface area contributed by atoms with Crippen molar-refractivity contribution in [2.45, 2.75) is 33.9 Å². The van der Waals surface area contributed by atoms with Gasteiger partial charge in [-0.2, -0.15) is 0 Å². The third kappa shape index (κ3) is 3.86. The zero-order valence-corrected chi connectivity index (χ0v) is 19.8. The lowest BCUT2D eigenvalue weighted by molar-refractivity contribution is -0.387. The van der Waals surface area contributed by atoms with E-state index < -0.39 is 0 Å². The number of nitro groups is 1. The van der Waals surface area contributed by atoms with Crippen LogP contribution in [0.1, 0.15) is 29.5 Å². The van der Waals surface area contributed by atoms with Crippen LogP contribution in [0.2, 0.25) is 10.0 Å². The summed E-state index contributed by atoms with van der Waals surface area (Å²) in [5.74, 6) is 0.219. The molecular weight excluding hydrogens is 487 g/mol. The molecule has 0 radical (unpaired) electrons. The molecule has 1 fully saturated rings. The first-order valence-electron chi connectivity index (χ1n) is 10.3. The lowest BCUT2D eigenvalue weighted by atomic mass is 9.77. The van der Waals surface area contributed by atoms with Crippen molar-refractivity contribution in [2.24, 2.45) is 5.92 Å². The van der Waals surface area contributed by atoms with E-state index in [0.717, 1.165) is 17.7 Å². The third-order valence-corrected chi connectivity index (χ3v) is 8.96. The Hall–Kier alpha value is -1.92. The molecule has 5 rings (SSSR count). The number of hydrogen-bond donors (Lipinski definition) is 1. The Morgan fingerprint density at radius 2 is 1.75 bits per heavy atom. The van der Waals surface area contributed by atoms with Gasteiger partial charge in [0, 0.05) is 22.3 Å². The van der Waals surface area contributed by atoms with Crippen molar-refractivity contribution in [3.05, 3.63) is 98.0 Å². The molecule has 1 saturated carbocycles. The largest absolute Gasteiger partial charge is 0.376 e. The molecule has 1 heterocycles. The Kier molecular flexibility index (Phi) is 6.01. The van der Waals surface area contributed by atoms with Gasteiger partial charge >= 0.3 is 0 Å². The van der Waals surface area contributed by atoms with Crippen molar-refractivity contribution >= 4 is 57.9 Å². The van der Waals surface area contributed by atoms with Gasteiger partial charge in [0.05, 0.1) is 31.9 Å². The summed E-state index contributed by atoms with van der Waals surface area (Å²) in [6.45, 7) is 0. The third-order valence-electron chi connectivity index (χ3n) is 6.34. The summed E-state index contributed by atoms with van der Waals surface area (Å²) >= 11 is 21.6. The van der Waals surface area contributed by atoms with Crippen molar-refractivity contribution < 1.29 is 4.92 Å². The van der Waals surface area contributed by atoms with E-state index in [1.54, 1.807) is 18.2 Å². The molecular formula is C24H19Cl3N2O2S. The quantitative estimate of drug-likeness (QED) is 0.222. The van der Waals surface area contributed by atoms with Crippen LogP contribution in [-0.2, 0) is 0 Å². The van der Waals surface area contributed by atoms with E-state index >= 15 is 0 Å². The number of nitro benzene ring substituents is 1. The number of thioether (sulfide) groups is 1. The van der Waals surface area contributed by atoms with Gasteiger partial charge in [0.2, 0.25) is 0 Å². The number of benzene rings is 3. The molecule has 0 bridgehead atoms. The van der Waals surface area contributed by atoms with Crippen LogP contribution in [-0.4, -0.2) is 15.6 Å². The van der Waals surface area contributed by atoms with Gasteiger partial charge in [-0.1, -0.05) is 65.7 Å². The fourth-order valence-corrected chi connectivity index (χ4v) is 7.51. The highest BCUT2D eigenvalue weighted by Crippen LogP contribution is 2.59. The first-order chi connectivity index (χ1) is 15.4. The Bertz CT molecular complexity index is 1180. The predicted octanol–water partition coefficient (Wildman–Crippen LogP) is 7.94. The van der Waals surface area contributed by atoms with Crippen LogP contribution in [0.25, 0.3) is 0 Å². The minimum Gasteiger partial charge on any atom is -0.376 e. The van der Waals surface area contributed by atoms with Gasteiger partial charge in [0.1, 0.15) is 0 Å². The van der Waals surface area contributed by atoms with E-state index in [9.17, 15) is 10.1 Å². The number of hydrogen-bond acceptors (Lipinski definition) is 4. The summed E-state index contributed by atoms with van der Waals surface area (Å²) in [4.78, 5) is 11.8. The van der Waals surface area contributed by atoms with E-state index in [2.05, 4.69) is 17.4 Å². The number of rotatable bonds is 4. The zero-order valence-electron chi connectivity index (χ0n) is 16.8. The molecule has 164 valence electrons. The molecule has 1 aliphatic carbocycles. The molecule has 2 aliphatic rings. The fourth-order valence-electron chi connectivity index (χ4n) is 5.00. The molecule has 0 aromatic heterocycles. The second-order valence-corrected chi connectivity index (χ2v) is 10.8. The summed E-state index contributed by atoms with van der Waals surface area (Å²) < 4.78 is 0. The van der Waals surface area contributed by atoms with Gasteiger partial charge in [0.25, 0.3) is 5.69 Å². The van der Waals surface area contributed by atoms with E-state index in [1.165, 1.54) is 23.4 Å². The van der Waals surface area contributed by atoms with Gasteiger partial charge in [-0.25, -0.2) is 0 Å². The van der Waals surface area contributed by atoms with Crippen molar-refractivity contribution in [3.8, 4) is 0 Å². The summed E-state index contributed by atoms with van der Waals surface area (Å²) in [6, 6.07) is 20.8. The fraction of sp³-hybridized carbons (Fsp3) is 0.250. The highest BCUT2D eigenvalue weighted by atomic mass is 35.5. The number of anilines is 1. The molecule has 1 N–H and O–H groups in total. The van der Waals surface area contributed by atoms with E-state index in [0.29, 0.717) is 14.9 Å². The predicted molar refractivity (Wildman–Crippen MR) is 132 cm³/mol. The van der Waals surface area contributed by atoms with Crippen LogP contribution >= 0.6 is 46.6 Å². The van der Waals surface area contributed by atoms with Gasteiger partial charge in [-0.15, -0.1) is 23.4 Å². The summed E-state index contributed by atoms with van der Waals surface area (Å²) in [6.07, 6.45) is 0.811. The molecule has 5 atom stereocenters. The Labute approximate surface area is 205 Å². The van der Waals surface area contributed by atoms with Crippen LogP contribution in [0.3, 0.4) is 0 Å². The Balaban J connectivity index is 1.56. The second-order valence-electron chi connectivity index (χ2n) is 8.14. The number of fused-ring (bicyclic) bond motifs is 3. The molecule has 32 heavy (non-hydrogen) atoms. The van der Waals surface area contributed by atoms with E-state index in [1.807, 2.05) is 30.3 Å². The SMILES string of the molecule is O=[N+]([O-])c1ccccc1S[C@@H]1C[C@H]2[C@@H](c3cc(Cl)cc(Cl)c3N[C@H]2c2ccccc2)[C@H]1Cl. The highest BCUT2D eigenvalue weighted by molar-refractivity contribution is 8.00. The first kappa shape index (κ1) is 21.9. The molecule has 0 unspecified atom stereocenters. The monoisotopic (exact) mass is 504 g/mol. The van der Waals surface area contributed by atoms with Crippen LogP contribution in [0.5, 0.6) is 0 Å². The minimum absolute atomic E-state index is 0.00415. The first-order valence-corrected chi connectivity index (χ1v) is 12.4. The average Bonchev–Trinajstić information content (AvgIpc) is 3.10. The van der Waals surface area contributed by atoms with Crippen LogP contribution < -0.4 is 5.32 Å². The van der Waals surface area contributed by atoms with Crippen LogP contribution in [0.4, 0.5) is 11.4 Å². The molecule has 4 nitrogen and oxygen atoms in total. The van der Waals surface area contributed by atoms with Gasteiger partial charge < -0.3 is 5.32 Å². The van der Waals surface area contributed by atoms with Gasteiger partial charge in [-0.05, 0) is 41.7 Å². The normalized spacial score (nSPS) is 26.2. The Morgan fingerprint density at radius 1 is 1.03 bits per heavy atom. The van der Waals surface area contributed by atoms with Crippen molar-refractivity contribution in [1.82, 2.24) is 0 Å². The highest BCUT2D eigenvalue weighted by Gasteiger charge is 2.50. The molecule has 3 aromatic carbocycles. The lowest BCUT2D eigenvalue weighted by Gasteiger charge is -2.39. The van der Waals surface area contributed by atoms with Crippen molar-refractivity contribution in [3.63, 3.8) is 0 Å². The van der Waals surface area contributed by atoms with Gasteiger partial charge in [0.15, 0.2) is 0 Å². The average molecular weight is 506 g/mol. The minimum atomic E-state index is -0.337. The van der Waals surface area contributed by atoms with Gasteiger partial charge in [-0.3, -0.25) is 10.1 Å².